The van der Waals surface area contributed by atoms with Gasteiger partial charge < -0.3 is 9.47 Å². The van der Waals surface area contributed by atoms with Gasteiger partial charge in [0.2, 0.25) is 0 Å². The van der Waals surface area contributed by atoms with E-state index in [0.29, 0.717) is 50.9 Å². The van der Waals surface area contributed by atoms with Crippen LogP contribution in [0.15, 0.2) is 77.7 Å². The van der Waals surface area contributed by atoms with Gasteiger partial charge in [0.05, 0.1) is 23.1 Å². The van der Waals surface area contributed by atoms with E-state index in [1.165, 1.54) is 0 Å². The minimum Gasteiger partial charge on any atom is -0.490 e. The molecule has 0 saturated carbocycles. The highest BCUT2D eigenvalue weighted by Gasteiger charge is 2.36. The summed E-state index contributed by atoms with van der Waals surface area (Å²) in [6.07, 6.45) is 1.61. The topological polar surface area (TPSA) is 55.8 Å². The molecule has 5 rings (SSSR count). The third-order valence-corrected chi connectivity index (χ3v) is 8.03. The second-order valence-corrected chi connectivity index (χ2v) is 10.9. The molecule has 198 valence electrons. The fourth-order valence-electron chi connectivity index (χ4n) is 4.27. The Labute approximate surface area is 245 Å². The van der Waals surface area contributed by atoms with Gasteiger partial charge in [0, 0.05) is 15.6 Å². The number of rotatable bonds is 8. The van der Waals surface area contributed by atoms with Crippen LogP contribution in [0.5, 0.6) is 11.5 Å². The number of carbonyl (C=O) groups excluding carboxylic acids is 2. The predicted molar refractivity (Wildman–Crippen MR) is 159 cm³/mol. The normalized spacial score (nSPS) is 14.5. The molecule has 0 spiro atoms. The number of ether oxygens (including phenoxy) is 2. The maximum absolute atomic E-state index is 13.1. The molecule has 39 heavy (non-hydrogen) atoms. The lowest BCUT2D eigenvalue weighted by Crippen LogP contribution is -2.27. The summed E-state index contributed by atoms with van der Waals surface area (Å²) in [7, 11) is 0. The van der Waals surface area contributed by atoms with Gasteiger partial charge in [-0.1, -0.05) is 83.3 Å². The van der Waals surface area contributed by atoms with Crippen LogP contribution in [0.4, 0.5) is 4.79 Å². The van der Waals surface area contributed by atoms with Crippen LogP contribution in [0.1, 0.15) is 23.6 Å². The first-order valence-corrected chi connectivity index (χ1v) is 14.0. The van der Waals surface area contributed by atoms with Gasteiger partial charge in [-0.25, -0.2) is 0 Å². The van der Waals surface area contributed by atoms with Crippen LogP contribution in [0, 0.1) is 0 Å². The van der Waals surface area contributed by atoms with Crippen LogP contribution in [-0.4, -0.2) is 22.7 Å². The third kappa shape index (κ3) is 5.89. The number of imide groups is 1. The number of hydrogen-bond acceptors (Lipinski definition) is 5. The minimum absolute atomic E-state index is 0.0214. The molecular formula is C30H22Cl3NO4S. The van der Waals surface area contributed by atoms with Crippen molar-refractivity contribution in [2.24, 2.45) is 0 Å². The first kappa shape index (κ1) is 27.4. The molecular weight excluding hydrogens is 577 g/mol. The second-order valence-electron chi connectivity index (χ2n) is 8.66. The maximum atomic E-state index is 13.1. The lowest BCUT2D eigenvalue weighted by Gasteiger charge is -2.16. The van der Waals surface area contributed by atoms with Gasteiger partial charge in [-0.3, -0.25) is 14.5 Å². The van der Waals surface area contributed by atoms with Gasteiger partial charge in [0.1, 0.15) is 6.61 Å². The van der Waals surface area contributed by atoms with Crippen LogP contribution in [-0.2, 0) is 17.9 Å². The highest BCUT2D eigenvalue weighted by atomic mass is 35.5. The summed E-state index contributed by atoms with van der Waals surface area (Å²) in [6, 6.07) is 22.6. The molecule has 4 aromatic carbocycles. The van der Waals surface area contributed by atoms with Gasteiger partial charge >= 0.3 is 0 Å². The molecule has 1 aliphatic rings. The Hall–Kier alpha value is -3.16. The summed E-state index contributed by atoms with van der Waals surface area (Å²) in [5, 5.41) is 2.91. The summed E-state index contributed by atoms with van der Waals surface area (Å²) in [4.78, 5) is 27.2. The zero-order chi connectivity index (χ0) is 27.5. The van der Waals surface area contributed by atoms with E-state index >= 15 is 0 Å². The molecule has 1 aliphatic heterocycles. The molecule has 1 saturated heterocycles. The molecule has 1 heterocycles. The molecule has 0 atom stereocenters. The number of carbonyl (C=O) groups is 2. The van der Waals surface area contributed by atoms with E-state index in [-0.39, 0.29) is 11.4 Å². The molecule has 9 heteroatoms. The molecule has 5 nitrogen and oxygen atoms in total. The first-order chi connectivity index (χ1) is 18.9. The number of fused-ring (bicyclic) bond motifs is 1. The zero-order valence-electron chi connectivity index (χ0n) is 20.7. The average Bonchev–Trinajstić information content (AvgIpc) is 3.17. The minimum atomic E-state index is -0.439. The molecule has 0 unspecified atom stereocenters. The van der Waals surface area contributed by atoms with Crippen molar-refractivity contribution in [1.82, 2.24) is 4.90 Å². The van der Waals surface area contributed by atoms with Crippen molar-refractivity contribution in [2.45, 2.75) is 20.1 Å². The van der Waals surface area contributed by atoms with Gasteiger partial charge in [-0.2, -0.15) is 0 Å². The highest BCUT2D eigenvalue weighted by molar-refractivity contribution is 8.18. The lowest BCUT2D eigenvalue weighted by atomic mass is 10.1. The average molecular weight is 599 g/mol. The van der Waals surface area contributed by atoms with Gasteiger partial charge in [-0.15, -0.1) is 0 Å². The van der Waals surface area contributed by atoms with Crippen molar-refractivity contribution in [3.8, 4) is 11.5 Å². The van der Waals surface area contributed by atoms with E-state index in [4.69, 9.17) is 44.3 Å². The Morgan fingerprint density at radius 3 is 2.36 bits per heavy atom. The van der Waals surface area contributed by atoms with Crippen molar-refractivity contribution in [3.05, 3.63) is 109 Å². The molecule has 1 fully saturated rings. The van der Waals surface area contributed by atoms with Crippen molar-refractivity contribution >= 4 is 74.6 Å². The van der Waals surface area contributed by atoms with Crippen molar-refractivity contribution in [3.63, 3.8) is 0 Å². The standard InChI is InChI=1S/C30H22Cl3NO4S/c1-2-37-26-14-18(13-25(33)28(26)38-17-20-9-5-8-19-7-3-4-10-21(19)20)15-27-29(35)34(30(36)39-27)16-22-23(31)11-6-12-24(22)32/h3-15H,2,16-17H2,1H3/b27-15-. The Bertz CT molecular complexity index is 1600. The van der Waals surface area contributed by atoms with E-state index in [1.807, 2.05) is 31.2 Å². The first-order valence-electron chi connectivity index (χ1n) is 12.1. The molecule has 0 aromatic heterocycles. The van der Waals surface area contributed by atoms with E-state index in [1.54, 1.807) is 36.4 Å². The monoisotopic (exact) mass is 597 g/mol. The fraction of sp³-hybridized carbons (Fsp3) is 0.133. The molecule has 0 N–H and O–H groups in total. The van der Waals surface area contributed by atoms with E-state index in [2.05, 4.69) is 18.2 Å². The number of amides is 2. The number of halogens is 3. The zero-order valence-corrected chi connectivity index (χ0v) is 23.8. The quantitative estimate of drug-likeness (QED) is 0.189. The Kier molecular flexibility index (Phi) is 8.38. The van der Waals surface area contributed by atoms with E-state index in [0.717, 1.165) is 33.0 Å². The number of hydrogen-bond donors (Lipinski definition) is 0. The van der Waals surface area contributed by atoms with Gasteiger partial charge in [0.25, 0.3) is 11.1 Å². The van der Waals surface area contributed by atoms with Crippen LogP contribution in [0.2, 0.25) is 15.1 Å². The number of nitrogens with zero attached hydrogens (tertiary/aromatic N) is 1. The second kappa shape index (κ2) is 11.9. The van der Waals surface area contributed by atoms with Crippen molar-refractivity contribution in [2.75, 3.05) is 6.61 Å². The van der Waals surface area contributed by atoms with E-state index < -0.39 is 11.1 Å². The summed E-state index contributed by atoms with van der Waals surface area (Å²) >= 11 is 20.0. The molecule has 0 radical (unpaired) electrons. The Morgan fingerprint density at radius 2 is 1.59 bits per heavy atom. The summed E-state index contributed by atoms with van der Waals surface area (Å²) in [6.45, 7) is 2.52. The van der Waals surface area contributed by atoms with Gasteiger partial charge in [-0.05, 0) is 70.9 Å². The lowest BCUT2D eigenvalue weighted by molar-refractivity contribution is -0.123. The Morgan fingerprint density at radius 1 is 0.872 bits per heavy atom. The fourth-order valence-corrected chi connectivity index (χ4v) is 5.90. The maximum Gasteiger partial charge on any atom is 0.293 e. The van der Waals surface area contributed by atoms with Crippen LogP contribution >= 0.6 is 46.6 Å². The summed E-state index contributed by atoms with van der Waals surface area (Å²) in [5.74, 6) is 0.412. The summed E-state index contributed by atoms with van der Waals surface area (Å²) < 4.78 is 12.0. The van der Waals surface area contributed by atoms with Crippen molar-refractivity contribution in [1.29, 1.82) is 0 Å². The van der Waals surface area contributed by atoms with Crippen LogP contribution in [0.3, 0.4) is 0 Å². The molecule has 4 aromatic rings. The number of benzene rings is 4. The van der Waals surface area contributed by atoms with Crippen LogP contribution in [0.25, 0.3) is 16.8 Å². The SMILES string of the molecule is CCOc1cc(/C=C2\SC(=O)N(Cc3c(Cl)cccc3Cl)C2=O)cc(Cl)c1OCc1cccc2ccccc12. The Balaban J connectivity index is 1.39. The van der Waals surface area contributed by atoms with Crippen molar-refractivity contribution < 1.29 is 19.1 Å². The molecule has 0 aliphatic carbocycles. The number of thioether (sulfide) groups is 1. The summed E-state index contributed by atoms with van der Waals surface area (Å²) in [5.41, 5.74) is 2.13. The third-order valence-electron chi connectivity index (χ3n) is 6.13. The molecule has 0 bridgehead atoms. The predicted octanol–water partition coefficient (Wildman–Crippen LogP) is 9.01. The molecule has 2 amide bonds. The van der Waals surface area contributed by atoms with Crippen LogP contribution < -0.4 is 9.47 Å². The smallest absolute Gasteiger partial charge is 0.293 e. The van der Waals surface area contributed by atoms with Gasteiger partial charge in [0.15, 0.2) is 11.5 Å². The largest absolute Gasteiger partial charge is 0.490 e. The highest BCUT2D eigenvalue weighted by Crippen LogP contribution is 2.40. The van der Waals surface area contributed by atoms with E-state index in [9.17, 15) is 9.59 Å².